The highest BCUT2D eigenvalue weighted by molar-refractivity contribution is 7.80. The molecule has 0 saturated carbocycles. The van der Waals surface area contributed by atoms with Crippen molar-refractivity contribution in [1.29, 1.82) is 0 Å². The van der Waals surface area contributed by atoms with Gasteiger partial charge in [0.25, 0.3) is 0 Å². The van der Waals surface area contributed by atoms with E-state index in [0.29, 0.717) is 0 Å². The number of hydrogen-bond donors (Lipinski definition) is 4. The van der Waals surface area contributed by atoms with Crippen LogP contribution in [0.25, 0.3) is 0 Å². The smallest absolute Gasteiger partial charge is 0.221 e. The van der Waals surface area contributed by atoms with Crippen LogP contribution in [0.3, 0.4) is 0 Å². The zero-order valence-electron chi connectivity index (χ0n) is 6.82. The molecule has 0 spiro atoms. The number of nitrogens with one attached hydrogen (secondary N) is 2. The molecule has 1 aromatic carbocycles. The van der Waals surface area contributed by atoms with Gasteiger partial charge in [-0.25, -0.2) is 0 Å². The molecular weight excluding hydrogens is 186 g/mol. The molecule has 0 radical (unpaired) electrons. The van der Waals surface area contributed by atoms with Gasteiger partial charge in [0.1, 0.15) is 5.75 Å². The van der Waals surface area contributed by atoms with E-state index >= 15 is 0 Å². The van der Waals surface area contributed by atoms with Crippen molar-refractivity contribution in [2.24, 2.45) is 5.73 Å². The van der Waals surface area contributed by atoms with Crippen LogP contribution in [0.1, 0.15) is 5.56 Å². The van der Waals surface area contributed by atoms with E-state index in [1.807, 2.05) is 0 Å². The first-order valence-electron chi connectivity index (χ1n) is 3.62. The normalized spacial score (nSPS) is 10.2. The number of nitrogens with two attached hydrogens (primary N) is 1. The van der Waals surface area contributed by atoms with Crippen molar-refractivity contribution < 1.29 is 10.2 Å². The van der Waals surface area contributed by atoms with Crippen LogP contribution in [0, 0.1) is 0 Å². The van der Waals surface area contributed by atoms with Crippen molar-refractivity contribution in [3.63, 3.8) is 0 Å². The standard InChI is InChI=1S/C8H9N3OS/c9-8(13)11-10-5-6-1-3-7(12)4-2-6/h1-5,12H,(H3,9,11,13)/p+1. The van der Waals surface area contributed by atoms with Gasteiger partial charge < -0.3 is 10.8 Å². The number of hydrogen-bond acceptors (Lipinski definition) is 2. The van der Waals surface area contributed by atoms with Crippen LogP contribution in [-0.2, 0) is 0 Å². The molecule has 0 atom stereocenters. The van der Waals surface area contributed by atoms with Gasteiger partial charge in [-0.3, -0.25) is 0 Å². The number of phenols is 1. The van der Waals surface area contributed by atoms with Crippen LogP contribution in [0.15, 0.2) is 24.3 Å². The second kappa shape index (κ2) is 4.42. The summed E-state index contributed by atoms with van der Waals surface area (Å²) in [5, 5.41) is 11.9. The van der Waals surface area contributed by atoms with E-state index in [1.54, 1.807) is 30.5 Å². The van der Waals surface area contributed by atoms with Crippen molar-refractivity contribution in [3.05, 3.63) is 29.8 Å². The fraction of sp³-hybridized carbons (Fsp3) is 0. The number of hydrazine groups is 1. The van der Waals surface area contributed by atoms with Gasteiger partial charge in [-0.05, 0) is 36.5 Å². The molecule has 0 fully saturated rings. The van der Waals surface area contributed by atoms with E-state index in [4.69, 9.17) is 10.8 Å². The minimum Gasteiger partial charge on any atom is -0.508 e. The Morgan fingerprint density at radius 2 is 2.08 bits per heavy atom. The third-order valence-corrected chi connectivity index (χ3v) is 1.43. The first-order chi connectivity index (χ1) is 6.18. The zero-order chi connectivity index (χ0) is 9.68. The van der Waals surface area contributed by atoms with Crippen molar-refractivity contribution in [2.45, 2.75) is 0 Å². The SMILES string of the molecule is NC(=S)N[NH+]=Cc1ccc(O)cc1. The van der Waals surface area contributed by atoms with Gasteiger partial charge in [-0.1, -0.05) is 0 Å². The van der Waals surface area contributed by atoms with E-state index in [-0.39, 0.29) is 10.9 Å². The quantitative estimate of drug-likeness (QED) is 0.268. The highest BCUT2D eigenvalue weighted by atomic mass is 32.1. The Hall–Kier alpha value is -1.62. The van der Waals surface area contributed by atoms with Gasteiger partial charge in [0, 0.05) is 5.56 Å². The Bertz CT molecular complexity index is 321. The highest BCUT2D eigenvalue weighted by Crippen LogP contribution is 2.06. The minimum atomic E-state index is 0.176. The van der Waals surface area contributed by atoms with Gasteiger partial charge in [0.2, 0.25) is 5.11 Å². The molecule has 0 unspecified atom stereocenters. The van der Waals surface area contributed by atoms with E-state index in [1.165, 1.54) is 0 Å². The Kier molecular flexibility index (Phi) is 3.22. The fourth-order valence-electron chi connectivity index (χ4n) is 0.761. The summed E-state index contributed by atoms with van der Waals surface area (Å²) in [7, 11) is 0. The summed E-state index contributed by atoms with van der Waals surface area (Å²) in [5.41, 5.74) is 8.63. The van der Waals surface area contributed by atoms with Crippen LogP contribution in [0.5, 0.6) is 5.75 Å². The average molecular weight is 196 g/mol. The predicted octanol–water partition coefficient (Wildman–Crippen LogP) is -1.36. The summed E-state index contributed by atoms with van der Waals surface area (Å²) in [6.45, 7) is 0. The Balaban J connectivity index is 2.59. The lowest BCUT2D eigenvalue weighted by Crippen LogP contribution is -2.82. The summed E-state index contributed by atoms with van der Waals surface area (Å²) < 4.78 is 0. The topological polar surface area (TPSA) is 72.2 Å². The van der Waals surface area contributed by atoms with Crippen LogP contribution in [0.4, 0.5) is 0 Å². The molecule has 0 aromatic heterocycles. The van der Waals surface area contributed by atoms with Crippen LogP contribution < -0.4 is 16.3 Å². The molecular formula is C8H10N3OS+. The second-order valence-electron chi connectivity index (χ2n) is 2.37. The molecule has 13 heavy (non-hydrogen) atoms. The third kappa shape index (κ3) is 3.53. The maximum atomic E-state index is 8.98. The lowest BCUT2D eigenvalue weighted by molar-refractivity contribution is -0.499. The third-order valence-electron chi connectivity index (χ3n) is 1.33. The van der Waals surface area contributed by atoms with Crippen LogP contribution in [-0.4, -0.2) is 16.4 Å². The molecule has 5 heteroatoms. The molecule has 0 aliphatic rings. The number of benzene rings is 1. The largest absolute Gasteiger partial charge is 0.508 e. The Morgan fingerprint density at radius 1 is 1.46 bits per heavy atom. The van der Waals surface area contributed by atoms with Crippen molar-refractivity contribution in [1.82, 2.24) is 5.43 Å². The molecule has 68 valence electrons. The summed E-state index contributed by atoms with van der Waals surface area (Å²) in [4.78, 5) is 0. The molecule has 4 nitrogen and oxygen atoms in total. The van der Waals surface area contributed by atoms with Crippen LogP contribution >= 0.6 is 12.2 Å². The number of hydrazone groups is 1. The molecule has 5 N–H and O–H groups in total. The van der Waals surface area contributed by atoms with Gasteiger partial charge in [-0.2, -0.15) is 0 Å². The molecule has 0 aliphatic heterocycles. The first-order valence-corrected chi connectivity index (χ1v) is 4.02. The minimum absolute atomic E-state index is 0.176. The molecule has 0 heterocycles. The maximum Gasteiger partial charge on any atom is 0.221 e. The predicted molar refractivity (Wildman–Crippen MR) is 54.2 cm³/mol. The molecule has 0 aliphatic carbocycles. The van der Waals surface area contributed by atoms with E-state index < -0.39 is 0 Å². The number of thiocarbonyl (C=S) groups is 1. The number of aromatic hydroxyl groups is 1. The Labute approximate surface area is 81.1 Å². The maximum absolute atomic E-state index is 8.98. The second-order valence-corrected chi connectivity index (χ2v) is 2.81. The Morgan fingerprint density at radius 3 is 2.62 bits per heavy atom. The average Bonchev–Trinajstić information content (AvgIpc) is 2.08. The van der Waals surface area contributed by atoms with Gasteiger partial charge >= 0.3 is 0 Å². The molecule has 1 rings (SSSR count). The monoisotopic (exact) mass is 196 g/mol. The van der Waals surface area contributed by atoms with Gasteiger partial charge in [0.05, 0.1) is 0 Å². The highest BCUT2D eigenvalue weighted by Gasteiger charge is 1.91. The van der Waals surface area contributed by atoms with E-state index in [9.17, 15) is 0 Å². The first kappa shape index (κ1) is 9.47. The summed E-state index contributed by atoms with van der Waals surface area (Å²) in [6.07, 6.45) is 1.68. The summed E-state index contributed by atoms with van der Waals surface area (Å²) >= 11 is 4.58. The van der Waals surface area contributed by atoms with E-state index in [2.05, 4.69) is 22.7 Å². The van der Waals surface area contributed by atoms with Crippen LogP contribution in [0.2, 0.25) is 0 Å². The van der Waals surface area contributed by atoms with Gasteiger partial charge in [-0.15, -0.1) is 10.5 Å². The van der Waals surface area contributed by atoms with Gasteiger partial charge in [0.15, 0.2) is 6.21 Å². The molecule has 0 amide bonds. The zero-order valence-corrected chi connectivity index (χ0v) is 7.64. The lowest BCUT2D eigenvalue weighted by atomic mass is 10.2. The molecule has 0 saturated heterocycles. The number of rotatable bonds is 2. The lowest BCUT2D eigenvalue weighted by Gasteiger charge is -1.90. The summed E-state index contributed by atoms with van der Waals surface area (Å²) in [5.74, 6) is 0.236. The van der Waals surface area contributed by atoms with E-state index in [0.717, 1.165) is 5.56 Å². The molecule has 1 aromatic rings. The molecule has 0 bridgehead atoms. The van der Waals surface area contributed by atoms with Crippen molar-refractivity contribution in [2.75, 3.05) is 0 Å². The summed E-state index contributed by atoms with van der Waals surface area (Å²) in [6, 6.07) is 6.69. The number of phenolic OH excluding ortho intramolecular Hbond substituents is 1. The van der Waals surface area contributed by atoms with Crippen molar-refractivity contribution >= 4 is 23.5 Å². The van der Waals surface area contributed by atoms with Crippen molar-refractivity contribution in [3.8, 4) is 5.75 Å². The fourth-order valence-corrected chi connectivity index (χ4v) is 0.820.